The van der Waals surface area contributed by atoms with Crippen molar-refractivity contribution in [2.75, 3.05) is 17.1 Å². The van der Waals surface area contributed by atoms with Crippen LogP contribution in [0.2, 0.25) is 5.02 Å². The number of carbonyl (C=O) groups is 2. The van der Waals surface area contributed by atoms with Gasteiger partial charge in [-0.1, -0.05) is 29.8 Å². The summed E-state index contributed by atoms with van der Waals surface area (Å²) in [4.78, 5) is 27.3. The molecule has 0 aliphatic carbocycles. The molecule has 2 aromatic rings. The van der Waals surface area contributed by atoms with Crippen LogP contribution in [0.15, 0.2) is 48.5 Å². The van der Waals surface area contributed by atoms with Crippen molar-refractivity contribution in [2.24, 2.45) is 0 Å². The first-order chi connectivity index (χ1) is 15.9. The number of hydrogen-bond acceptors (Lipinski definition) is 4. The van der Waals surface area contributed by atoms with Crippen LogP contribution in [0.25, 0.3) is 0 Å². The second-order valence-corrected chi connectivity index (χ2v) is 10.7. The van der Waals surface area contributed by atoms with Gasteiger partial charge in [0.25, 0.3) is 0 Å². The van der Waals surface area contributed by atoms with E-state index in [9.17, 15) is 22.4 Å². The molecule has 0 aliphatic rings. The molecule has 0 fully saturated rings. The number of carbonyl (C=O) groups excluding carboxylic acids is 2. The number of rotatable bonds is 11. The summed E-state index contributed by atoms with van der Waals surface area (Å²) in [6.45, 7) is 5.48. The number of nitrogens with one attached hydrogen (secondary N) is 1. The van der Waals surface area contributed by atoms with Gasteiger partial charge in [-0.15, -0.1) is 0 Å². The van der Waals surface area contributed by atoms with Crippen molar-refractivity contribution in [1.82, 2.24) is 10.2 Å². The smallest absolute Gasteiger partial charge is 0.242 e. The average molecular weight is 512 g/mol. The standard InChI is InChI=1S/C24H31ClFN3O4S/c1-17(2)27-24(31)18(3)28(16-19-8-5-6-9-22(19)25)23(30)10-7-15-29(34(4,32)33)21-13-11-20(26)12-14-21/h5-6,8-9,11-14,17-18H,7,10,15-16H2,1-4H3,(H,27,31)/t18-/m1/s1. The first-order valence-corrected chi connectivity index (χ1v) is 13.2. The topological polar surface area (TPSA) is 86.8 Å². The normalized spacial score (nSPS) is 12.3. The van der Waals surface area contributed by atoms with Crippen molar-refractivity contribution < 1.29 is 22.4 Å². The van der Waals surface area contributed by atoms with Crippen LogP contribution in [0.3, 0.4) is 0 Å². The summed E-state index contributed by atoms with van der Waals surface area (Å²) in [6.07, 6.45) is 1.28. The van der Waals surface area contributed by atoms with Gasteiger partial charge in [0.15, 0.2) is 0 Å². The van der Waals surface area contributed by atoms with Gasteiger partial charge in [-0.2, -0.15) is 0 Å². The molecule has 10 heteroatoms. The maximum Gasteiger partial charge on any atom is 0.242 e. The number of halogens is 2. The third-order valence-electron chi connectivity index (χ3n) is 5.16. The minimum absolute atomic E-state index is 0.0109. The zero-order valence-electron chi connectivity index (χ0n) is 19.8. The third-order valence-corrected chi connectivity index (χ3v) is 6.73. The van der Waals surface area contributed by atoms with Crippen LogP contribution in [-0.2, 0) is 26.2 Å². The monoisotopic (exact) mass is 511 g/mol. The van der Waals surface area contributed by atoms with Crippen molar-refractivity contribution in [3.05, 3.63) is 64.9 Å². The first-order valence-electron chi connectivity index (χ1n) is 11.0. The molecular formula is C24H31ClFN3O4S. The first kappa shape index (κ1) is 27.6. The second-order valence-electron chi connectivity index (χ2n) is 8.37. The molecule has 0 unspecified atom stereocenters. The Bertz CT molecular complexity index is 1090. The number of anilines is 1. The molecule has 2 rings (SSSR count). The summed E-state index contributed by atoms with van der Waals surface area (Å²) >= 11 is 6.28. The van der Waals surface area contributed by atoms with Gasteiger partial charge in [-0.3, -0.25) is 13.9 Å². The van der Waals surface area contributed by atoms with Gasteiger partial charge < -0.3 is 10.2 Å². The fraction of sp³-hybridized carbons (Fsp3) is 0.417. The highest BCUT2D eigenvalue weighted by atomic mass is 35.5. The predicted molar refractivity (Wildman–Crippen MR) is 133 cm³/mol. The summed E-state index contributed by atoms with van der Waals surface area (Å²) in [7, 11) is -3.64. The Morgan fingerprint density at radius 2 is 1.68 bits per heavy atom. The van der Waals surface area contributed by atoms with Gasteiger partial charge in [-0.05, 0) is 63.1 Å². The van der Waals surface area contributed by atoms with E-state index in [1.54, 1.807) is 31.2 Å². The van der Waals surface area contributed by atoms with Crippen LogP contribution in [0, 0.1) is 5.82 Å². The third kappa shape index (κ3) is 7.99. The highest BCUT2D eigenvalue weighted by Crippen LogP contribution is 2.21. The summed E-state index contributed by atoms with van der Waals surface area (Å²) < 4.78 is 38.9. The van der Waals surface area contributed by atoms with Gasteiger partial charge in [0.2, 0.25) is 21.8 Å². The van der Waals surface area contributed by atoms with E-state index >= 15 is 0 Å². The minimum Gasteiger partial charge on any atom is -0.352 e. The van der Waals surface area contributed by atoms with Crippen LogP contribution < -0.4 is 9.62 Å². The Morgan fingerprint density at radius 1 is 1.06 bits per heavy atom. The van der Waals surface area contributed by atoms with Gasteiger partial charge in [0.1, 0.15) is 11.9 Å². The summed E-state index contributed by atoms with van der Waals surface area (Å²) in [5.74, 6) is -1.07. The second kappa shape index (κ2) is 12.2. The molecule has 7 nitrogen and oxygen atoms in total. The molecule has 2 aromatic carbocycles. The molecule has 0 heterocycles. The molecule has 34 heavy (non-hydrogen) atoms. The van der Waals surface area contributed by atoms with E-state index in [1.807, 2.05) is 13.8 Å². The van der Waals surface area contributed by atoms with Crippen molar-refractivity contribution >= 4 is 39.1 Å². The lowest BCUT2D eigenvalue weighted by Crippen LogP contribution is -2.49. The molecular weight excluding hydrogens is 481 g/mol. The SMILES string of the molecule is CC(C)NC(=O)[C@@H](C)N(Cc1ccccc1Cl)C(=O)CCCN(c1ccc(F)cc1)S(C)(=O)=O. The van der Waals surface area contributed by atoms with E-state index in [0.717, 1.165) is 10.6 Å². The van der Waals surface area contributed by atoms with Crippen LogP contribution in [0.1, 0.15) is 39.2 Å². The van der Waals surface area contributed by atoms with Crippen LogP contribution in [-0.4, -0.2) is 50.0 Å². The van der Waals surface area contributed by atoms with Crippen LogP contribution in [0.5, 0.6) is 0 Å². The molecule has 0 saturated heterocycles. The van der Waals surface area contributed by atoms with E-state index in [1.165, 1.54) is 29.2 Å². The molecule has 0 bridgehead atoms. The van der Waals surface area contributed by atoms with Crippen molar-refractivity contribution in [2.45, 2.75) is 52.2 Å². The number of nitrogens with zero attached hydrogens (tertiary/aromatic N) is 2. The van der Waals surface area contributed by atoms with Crippen molar-refractivity contribution in [3.63, 3.8) is 0 Å². The quantitative estimate of drug-likeness (QED) is 0.494. The summed E-state index contributed by atoms with van der Waals surface area (Å²) in [6, 6.07) is 11.3. The van der Waals surface area contributed by atoms with Crippen LogP contribution >= 0.6 is 11.6 Å². The molecule has 0 saturated carbocycles. The highest BCUT2D eigenvalue weighted by Gasteiger charge is 2.27. The van der Waals surface area contributed by atoms with E-state index in [4.69, 9.17) is 11.6 Å². The van der Waals surface area contributed by atoms with Gasteiger partial charge in [0, 0.05) is 30.6 Å². The van der Waals surface area contributed by atoms with E-state index in [0.29, 0.717) is 16.3 Å². The number of benzene rings is 2. The van der Waals surface area contributed by atoms with E-state index in [2.05, 4.69) is 5.32 Å². The maximum absolute atomic E-state index is 13.3. The molecule has 1 atom stereocenters. The molecule has 0 radical (unpaired) electrons. The lowest BCUT2D eigenvalue weighted by atomic mass is 10.1. The van der Waals surface area contributed by atoms with Gasteiger partial charge >= 0.3 is 0 Å². The van der Waals surface area contributed by atoms with Gasteiger partial charge in [0.05, 0.1) is 11.9 Å². The van der Waals surface area contributed by atoms with Crippen molar-refractivity contribution in [3.8, 4) is 0 Å². The Labute approximate surface area is 205 Å². The maximum atomic E-state index is 13.3. The van der Waals surface area contributed by atoms with E-state index < -0.39 is 21.9 Å². The molecule has 186 valence electrons. The molecule has 0 aliphatic heterocycles. The lowest BCUT2D eigenvalue weighted by Gasteiger charge is -2.30. The fourth-order valence-corrected chi connectivity index (χ4v) is 4.57. The lowest BCUT2D eigenvalue weighted by molar-refractivity contribution is -0.140. The minimum atomic E-state index is -3.64. The molecule has 1 N–H and O–H groups in total. The van der Waals surface area contributed by atoms with Crippen molar-refractivity contribution in [1.29, 1.82) is 0 Å². The molecule has 2 amide bonds. The fourth-order valence-electron chi connectivity index (χ4n) is 3.41. The average Bonchev–Trinajstić information content (AvgIpc) is 2.75. The zero-order valence-corrected chi connectivity index (χ0v) is 21.4. The van der Waals surface area contributed by atoms with Crippen LogP contribution in [0.4, 0.5) is 10.1 Å². The zero-order chi connectivity index (χ0) is 25.5. The Balaban J connectivity index is 2.17. The number of amides is 2. The highest BCUT2D eigenvalue weighted by molar-refractivity contribution is 7.92. The number of hydrogen-bond donors (Lipinski definition) is 1. The largest absolute Gasteiger partial charge is 0.352 e. The Morgan fingerprint density at radius 3 is 2.24 bits per heavy atom. The summed E-state index contributed by atoms with van der Waals surface area (Å²) in [5, 5.41) is 3.30. The van der Waals surface area contributed by atoms with Gasteiger partial charge in [-0.25, -0.2) is 12.8 Å². The Kier molecular flexibility index (Phi) is 9.88. The number of sulfonamides is 1. The Hall–Kier alpha value is -2.65. The summed E-state index contributed by atoms with van der Waals surface area (Å²) in [5.41, 5.74) is 1.01. The van der Waals surface area contributed by atoms with E-state index in [-0.39, 0.29) is 43.8 Å². The molecule has 0 aromatic heterocycles. The molecule has 0 spiro atoms. The predicted octanol–water partition coefficient (Wildman–Crippen LogP) is 3.97.